The Morgan fingerprint density at radius 2 is 1.74 bits per heavy atom. The maximum Gasteiger partial charge on any atom is 0.133 e. The van der Waals surface area contributed by atoms with Gasteiger partial charge in [-0.15, -0.1) is 0 Å². The molecule has 2 aromatic carbocycles. The van der Waals surface area contributed by atoms with Crippen LogP contribution in [-0.2, 0) is 17.6 Å². The van der Waals surface area contributed by atoms with Gasteiger partial charge in [0.15, 0.2) is 0 Å². The lowest BCUT2D eigenvalue weighted by molar-refractivity contribution is -0.109. The summed E-state index contributed by atoms with van der Waals surface area (Å²) in [6.07, 6.45) is 7.64. The van der Waals surface area contributed by atoms with Crippen molar-refractivity contribution in [2.24, 2.45) is 0 Å². The van der Waals surface area contributed by atoms with E-state index in [2.05, 4.69) is 68.8 Å². The van der Waals surface area contributed by atoms with Gasteiger partial charge in [-0.25, -0.2) is 4.98 Å². The second-order valence-electron chi connectivity index (χ2n) is 9.51. The number of anilines is 1. The van der Waals surface area contributed by atoms with Gasteiger partial charge in [-0.2, -0.15) is 5.10 Å². The van der Waals surface area contributed by atoms with Crippen molar-refractivity contribution in [3.05, 3.63) is 53.7 Å². The molecule has 0 unspecified atom stereocenters. The summed E-state index contributed by atoms with van der Waals surface area (Å²) >= 11 is 0. The summed E-state index contributed by atoms with van der Waals surface area (Å²) in [5, 5.41) is 13.0. The maximum atomic E-state index is 10.1. The molecule has 1 aliphatic carbocycles. The number of aldehydes is 1. The average Bonchev–Trinajstić information content (AvgIpc) is 3.39. The molecule has 4 aromatic rings. The minimum absolute atomic E-state index is 0.605. The van der Waals surface area contributed by atoms with Crippen LogP contribution in [0.15, 0.2) is 42.6 Å². The first kappa shape index (κ1) is 23.5. The van der Waals surface area contributed by atoms with Crippen molar-refractivity contribution in [1.29, 1.82) is 0 Å². The van der Waals surface area contributed by atoms with Crippen LogP contribution in [-0.4, -0.2) is 78.1 Å². The van der Waals surface area contributed by atoms with Crippen molar-refractivity contribution in [3.8, 4) is 11.3 Å². The Balaban J connectivity index is 0.000000214. The number of hydrogen-bond donors (Lipinski definition) is 2. The van der Waals surface area contributed by atoms with Crippen molar-refractivity contribution in [2.45, 2.75) is 25.7 Å². The zero-order chi connectivity index (χ0) is 24.2. The molecule has 1 aliphatic heterocycles. The summed E-state index contributed by atoms with van der Waals surface area (Å²) in [6.45, 7) is 4.86. The number of nitrogens with one attached hydrogen (secondary N) is 2. The molecule has 2 aromatic heterocycles. The first-order chi connectivity index (χ1) is 17.2. The molecule has 2 N–H and O–H groups in total. The van der Waals surface area contributed by atoms with Gasteiger partial charge in [0.2, 0.25) is 0 Å². The van der Waals surface area contributed by atoms with Gasteiger partial charge in [-0.1, -0.05) is 12.1 Å². The number of pyridine rings is 1. The van der Waals surface area contributed by atoms with E-state index in [1.807, 2.05) is 13.2 Å². The van der Waals surface area contributed by atoms with E-state index in [1.165, 1.54) is 40.3 Å². The minimum Gasteiger partial charge on any atom is -0.388 e. The second kappa shape index (κ2) is 10.5. The van der Waals surface area contributed by atoms with E-state index in [0.717, 1.165) is 67.7 Å². The third-order valence-electron chi connectivity index (χ3n) is 7.27. The van der Waals surface area contributed by atoms with E-state index in [-0.39, 0.29) is 0 Å². The van der Waals surface area contributed by atoms with Crippen LogP contribution in [0.1, 0.15) is 24.0 Å². The van der Waals surface area contributed by atoms with Crippen LogP contribution in [0.3, 0.4) is 0 Å². The lowest BCUT2D eigenvalue weighted by Gasteiger charge is -2.30. The lowest BCUT2D eigenvalue weighted by Crippen LogP contribution is -2.44. The number of aromatic nitrogens is 3. The Hall–Kier alpha value is -3.29. The first-order valence-electron chi connectivity index (χ1n) is 12.6. The van der Waals surface area contributed by atoms with Gasteiger partial charge in [0.1, 0.15) is 6.29 Å². The summed E-state index contributed by atoms with van der Waals surface area (Å²) in [7, 11) is 4.06. The van der Waals surface area contributed by atoms with Gasteiger partial charge in [-0.3, -0.25) is 10.00 Å². The molecule has 1 fully saturated rings. The van der Waals surface area contributed by atoms with Gasteiger partial charge in [0.25, 0.3) is 0 Å². The van der Waals surface area contributed by atoms with Gasteiger partial charge in [-0.05, 0) is 68.1 Å². The third-order valence-corrected chi connectivity index (χ3v) is 7.27. The van der Waals surface area contributed by atoms with Crippen molar-refractivity contribution < 1.29 is 4.79 Å². The summed E-state index contributed by atoms with van der Waals surface area (Å²) in [5.41, 5.74) is 8.52. The smallest absolute Gasteiger partial charge is 0.133 e. The Labute approximate surface area is 206 Å². The zero-order valence-corrected chi connectivity index (χ0v) is 20.7. The van der Waals surface area contributed by atoms with Gasteiger partial charge < -0.3 is 15.0 Å². The number of carbonyl (C=O) groups is 1. The lowest BCUT2D eigenvalue weighted by atomic mass is 9.85. The number of piperazine rings is 1. The fraction of sp³-hybridized carbons (Fsp3) is 0.393. The van der Waals surface area contributed by atoms with Crippen molar-refractivity contribution >= 4 is 33.8 Å². The summed E-state index contributed by atoms with van der Waals surface area (Å²) in [6, 6.07) is 12.8. The topological polar surface area (TPSA) is 77.1 Å². The molecule has 6 rings (SSSR count). The molecule has 3 heterocycles. The van der Waals surface area contributed by atoms with Crippen molar-refractivity contribution in [1.82, 2.24) is 25.0 Å². The predicted octanol–water partition coefficient (Wildman–Crippen LogP) is 4.13. The standard InChI is InChI=1S/C21H20N4.C7H14N2O/c1-22-14-8-6-13(7-9-14)21-16-5-3-2-4-15(16)20-17-12-23-25-18(17)10-11-19(20)24-21;1-8-2-4-9(5-3-8)6-7-10/h6-12,22H,2-5H2,1H3,(H,23,25);7H,2-6H2,1H3. The zero-order valence-electron chi connectivity index (χ0n) is 20.7. The quantitative estimate of drug-likeness (QED) is 0.437. The van der Waals surface area contributed by atoms with E-state index >= 15 is 0 Å². The number of rotatable bonds is 4. The van der Waals surface area contributed by atoms with E-state index in [4.69, 9.17) is 4.98 Å². The number of H-pyrrole nitrogens is 1. The van der Waals surface area contributed by atoms with Crippen LogP contribution in [0, 0.1) is 0 Å². The molecule has 0 radical (unpaired) electrons. The number of benzene rings is 2. The normalized spacial score (nSPS) is 16.5. The second-order valence-corrected chi connectivity index (χ2v) is 9.51. The monoisotopic (exact) mass is 470 g/mol. The molecule has 0 atom stereocenters. The Bertz CT molecular complexity index is 1300. The molecular weight excluding hydrogens is 436 g/mol. The van der Waals surface area contributed by atoms with Crippen LogP contribution in [0.5, 0.6) is 0 Å². The number of carbonyl (C=O) groups excluding carboxylic acids is 1. The molecular formula is C28H34N6O. The average molecular weight is 471 g/mol. The molecule has 0 amide bonds. The summed E-state index contributed by atoms with van der Waals surface area (Å²) in [4.78, 5) is 19.6. The van der Waals surface area contributed by atoms with Crippen molar-refractivity contribution in [2.75, 3.05) is 52.1 Å². The predicted molar refractivity (Wildman–Crippen MR) is 143 cm³/mol. The molecule has 7 nitrogen and oxygen atoms in total. The molecule has 0 saturated carbocycles. The fourth-order valence-electron chi connectivity index (χ4n) is 5.22. The number of fused-ring (bicyclic) bond motifs is 5. The Morgan fingerprint density at radius 3 is 2.46 bits per heavy atom. The summed E-state index contributed by atoms with van der Waals surface area (Å²) in [5.74, 6) is 0. The number of aromatic amines is 1. The Kier molecular flexibility index (Phi) is 7.06. The van der Waals surface area contributed by atoms with Crippen molar-refractivity contribution in [3.63, 3.8) is 0 Å². The van der Waals surface area contributed by atoms with E-state index in [0.29, 0.717) is 6.54 Å². The van der Waals surface area contributed by atoms with Crippen LogP contribution >= 0.6 is 0 Å². The number of hydrogen-bond acceptors (Lipinski definition) is 6. The number of nitrogens with zero attached hydrogens (tertiary/aromatic N) is 4. The van der Waals surface area contributed by atoms with Gasteiger partial charge in [0.05, 0.1) is 29.5 Å². The SMILES string of the molecule is CN1CCN(CC=O)CC1.CNc1ccc(-c2nc3ccc4[nH]ncc4c3c3c2CCCC3)cc1. The van der Waals surface area contributed by atoms with Crippen LogP contribution in [0.2, 0.25) is 0 Å². The highest BCUT2D eigenvalue weighted by molar-refractivity contribution is 6.07. The largest absolute Gasteiger partial charge is 0.388 e. The van der Waals surface area contributed by atoms with Gasteiger partial charge >= 0.3 is 0 Å². The highest BCUT2D eigenvalue weighted by Crippen LogP contribution is 2.37. The number of likely N-dealkylation sites (N-methyl/N-ethyl adjacent to an activating group) is 1. The highest BCUT2D eigenvalue weighted by atomic mass is 16.1. The minimum atomic E-state index is 0.605. The van der Waals surface area contributed by atoms with Crippen LogP contribution in [0.4, 0.5) is 5.69 Å². The molecule has 0 bridgehead atoms. The first-order valence-corrected chi connectivity index (χ1v) is 12.6. The molecule has 7 heteroatoms. The van der Waals surface area contributed by atoms with Gasteiger partial charge in [0, 0.05) is 55.2 Å². The Morgan fingerprint density at radius 1 is 1.00 bits per heavy atom. The van der Waals surface area contributed by atoms with E-state index in [9.17, 15) is 4.79 Å². The third kappa shape index (κ3) is 4.92. The highest BCUT2D eigenvalue weighted by Gasteiger charge is 2.21. The van der Waals surface area contributed by atoms with Crippen LogP contribution < -0.4 is 5.32 Å². The van der Waals surface area contributed by atoms with Crippen LogP contribution in [0.25, 0.3) is 33.1 Å². The maximum absolute atomic E-state index is 10.1. The summed E-state index contributed by atoms with van der Waals surface area (Å²) < 4.78 is 0. The molecule has 2 aliphatic rings. The van der Waals surface area contributed by atoms with E-state index < -0.39 is 0 Å². The fourth-order valence-corrected chi connectivity index (χ4v) is 5.22. The molecule has 0 spiro atoms. The molecule has 182 valence electrons. The van der Waals surface area contributed by atoms with E-state index in [1.54, 1.807) is 0 Å². The number of aryl methyl sites for hydroxylation is 1. The molecule has 1 saturated heterocycles. The molecule has 35 heavy (non-hydrogen) atoms.